The number of thioether (sulfide) groups is 1. The quantitative estimate of drug-likeness (QED) is 0.379. The lowest BCUT2D eigenvalue weighted by Gasteiger charge is -2.12. The first-order valence-corrected chi connectivity index (χ1v) is 10.6. The van der Waals surface area contributed by atoms with Crippen molar-refractivity contribution < 1.29 is 19.1 Å². The normalized spacial score (nSPS) is 10.9. The Balaban J connectivity index is 2.04. The number of methoxy groups -OCH3 is 1. The minimum Gasteiger partial charge on any atom is -0.507 e. The summed E-state index contributed by atoms with van der Waals surface area (Å²) in [5.41, 5.74) is 3.82. The molecule has 0 saturated heterocycles. The molecule has 0 atom stereocenters. The Hall–Kier alpha value is -3.38. The average molecular weight is 420 g/mol. The van der Waals surface area contributed by atoms with Crippen molar-refractivity contribution in [2.24, 2.45) is 0 Å². The van der Waals surface area contributed by atoms with Gasteiger partial charge in [-0.1, -0.05) is 30.3 Å². The number of benzene rings is 3. The van der Waals surface area contributed by atoms with E-state index in [9.17, 15) is 9.90 Å². The summed E-state index contributed by atoms with van der Waals surface area (Å²) in [6.07, 6.45) is 1.97. The van der Waals surface area contributed by atoms with E-state index in [-0.39, 0.29) is 11.7 Å². The molecule has 1 heterocycles. The summed E-state index contributed by atoms with van der Waals surface area (Å²) in [4.78, 5) is 12.7. The van der Waals surface area contributed by atoms with Crippen LogP contribution in [0.15, 0.2) is 70.0 Å². The highest BCUT2D eigenvalue weighted by molar-refractivity contribution is 7.99. The molecule has 2 N–H and O–H groups in total. The zero-order valence-corrected chi connectivity index (χ0v) is 17.7. The number of aromatic hydroxyl groups is 1. The lowest BCUT2D eigenvalue weighted by molar-refractivity contribution is -0.114. The van der Waals surface area contributed by atoms with Gasteiger partial charge in [-0.05, 0) is 36.1 Å². The van der Waals surface area contributed by atoms with Gasteiger partial charge in [-0.15, -0.1) is 11.8 Å². The van der Waals surface area contributed by atoms with Crippen molar-refractivity contribution in [3.63, 3.8) is 0 Å². The molecule has 0 aliphatic carbocycles. The minimum atomic E-state index is -0.145. The second-order valence-electron chi connectivity index (χ2n) is 6.76. The van der Waals surface area contributed by atoms with Gasteiger partial charge in [0.1, 0.15) is 17.1 Å². The van der Waals surface area contributed by atoms with Crippen LogP contribution in [0.1, 0.15) is 6.92 Å². The number of anilines is 1. The van der Waals surface area contributed by atoms with Crippen LogP contribution in [0, 0.1) is 0 Å². The maximum absolute atomic E-state index is 11.8. The van der Waals surface area contributed by atoms with E-state index in [1.165, 1.54) is 18.7 Å². The molecule has 1 aromatic heterocycles. The first kappa shape index (κ1) is 19.9. The van der Waals surface area contributed by atoms with Crippen molar-refractivity contribution in [3.05, 3.63) is 60.7 Å². The largest absolute Gasteiger partial charge is 0.507 e. The number of rotatable bonds is 5. The number of furan rings is 1. The van der Waals surface area contributed by atoms with Gasteiger partial charge in [-0.25, -0.2) is 0 Å². The molecule has 3 aromatic carbocycles. The molecular weight excluding hydrogens is 398 g/mol. The monoisotopic (exact) mass is 419 g/mol. The fourth-order valence-corrected chi connectivity index (χ4v) is 4.31. The van der Waals surface area contributed by atoms with E-state index in [2.05, 4.69) is 5.32 Å². The van der Waals surface area contributed by atoms with E-state index < -0.39 is 0 Å². The van der Waals surface area contributed by atoms with Crippen molar-refractivity contribution in [1.29, 1.82) is 0 Å². The number of phenolic OH excluding ortho intramolecular Hbond substituents is 1. The molecule has 4 rings (SSSR count). The van der Waals surface area contributed by atoms with Gasteiger partial charge in [0.2, 0.25) is 5.91 Å². The summed E-state index contributed by atoms with van der Waals surface area (Å²) in [5, 5.41) is 14.4. The highest BCUT2D eigenvalue weighted by Gasteiger charge is 2.23. The minimum absolute atomic E-state index is 0.0760. The first-order valence-electron chi connectivity index (χ1n) is 9.37. The van der Waals surface area contributed by atoms with E-state index in [0.717, 1.165) is 21.4 Å². The number of hydrogen-bond donors (Lipinski definition) is 2. The Morgan fingerprint density at radius 3 is 2.50 bits per heavy atom. The van der Waals surface area contributed by atoms with Gasteiger partial charge in [0, 0.05) is 29.6 Å². The van der Waals surface area contributed by atoms with Crippen molar-refractivity contribution in [2.45, 2.75) is 11.8 Å². The smallest absolute Gasteiger partial charge is 0.221 e. The maximum Gasteiger partial charge on any atom is 0.221 e. The van der Waals surface area contributed by atoms with Crippen LogP contribution in [0.2, 0.25) is 0 Å². The topological polar surface area (TPSA) is 71.7 Å². The van der Waals surface area contributed by atoms with E-state index in [1.807, 2.05) is 48.7 Å². The van der Waals surface area contributed by atoms with Crippen LogP contribution >= 0.6 is 11.8 Å². The van der Waals surface area contributed by atoms with E-state index in [4.69, 9.17) is 9.15 Å². The molecule has 0 aliphatic rings. The third-order valence-corrected chi connectivity index (χ3v) is 5.64. The van der Waals surface area contributed by atoms with Gasteiger partial charge in [0.25, 0.3) is 0 Å². The molecule has 1 amide bonds. The number of nitrogens with one attached hydrogen (secondary N) is 1. The number of amides is 1. The molecule has 0 radical (unpaired) electrons. The Morgan fingerprint density at radius 2 is 1.87 bits per heavy atom. The zero-order chi connectivity index (χ0) is 21.3. The zero-order valence-electron chi connectivity index (χ0n) is 16.9. The highest BCUT2D eigenvalue weighted by atomic mass is 32.2. The Morgan fingerprint density at radius 1 is 1.10 bits per heavy atom. The Bertz CT molecular complexity index is 1230. The maximum atomic E-state index is 11.8. The summed E-state index contributed by atoms with van der Waals surface area (Å²) in [5.74, 6) is 1.08. The molecule has 0 spiro atoms. The van der Waals surface area contributed by atoms with Crippen molar-refractivity contribution in [1.82, 2.24) is 0 Å². The van der Waals surface area contributed by atoms with Crippen molar-refractivity contribution >= 4 is 34.3 Å². The first-order chi connectivity index (χ1) is 14.5. The molecule has 0 bridgehead atoms. The van der Waals surface area contributed by atoms with E-state index >= 15 is 0 Å². The number of hydrogen-bond acceptors (Lipinski definition) is 5. The van der Waals surface area contributed by atoms with Crippen LogP contribution in [-0.4, -0.2) is 24.4 Å². The predicted octanol–water partition coefficient (Wildman–Crippen LogP) is 6.16. The summed E-state index contributed by atoms with van der Waals surface area (Å²) in [6, 6.07) is 18.7. The molecule has 152 valence electrons. The third kappa shape index (κ3) is 3.50. The van der Waals surface area contributed by atoms with Gasteiger partial charge >= 0.3 is 0 Å². The van der Waals surface area contributed by atoms with Crippen LogP contribution < -0.4 is 10.1 Å². The van der Waals surface area contributed by atoms with Gasteiger partial charge in [-0.3, -0.25) is 4.79 Å². The molecule has 4 aromatic rings. The number of fused-ring (bicyclic) bond motifs is 1. The summed E-state index contributed by atoms with van der Waals surface area (Å²) in [7, 11) is 1.55. The number of phenols is 1. The standard InChI is InChI=1S/C24H21NO4S/c1-14(26)25-18-11-12-20-22(21(18)15-7-5-4-6-8-15)24(30-3)23(29-20)17-10-9-16(28-2)13-19(17)27/h4-13,27H,1-3H3,(H,25,26). The molecule has 6 heteroatoms. The lowest BCUT2D eigenvalue weighted by Crippen LogP contribution is -2.07. The third-order valence-electron chi connectivity index (χ3n) is 4.84. The fourth-order valence-electron chi connectivity index (χ4n) is 3.56. The van der Waals surface area contributed by atoms with Gasteiger partial charge in [0.05, 0.1) is 17.6 Å². The molecule has 0 fully saturated rings. The highest BCUT2D eigenvalue weighted by Crippen LogP contribution is 2.48. The van der Waals surface area contributed by atoms with Crippen LogP contribution in [-0.2, 0) is 4.79 Å². The van der Waals surface area contributed by atoms with Gasteiger partial charge in [-0.2, -0.15) is 0 Å². The molecule has 5 nitrogen and oxygen atoms in total. The second-order valence-corrected chi connectivity index (χ2v) is 7.57. The van der Waals surface area contributed by atoms with Crippen molar-refractivity contribution in [3.8, 4) is 33.9 Å². The average Bonchev–Trinajstić information content (AvgIpc) is 3.12. The van der Waals surface area contributed by atoms with Crippen LogP contribution in [0.3, 0.4) is 0 Å². The van der Waals surface area contributed by atoms with Crippen LogP contribution in [0.5, 0.6) is 11.5 Å². The number of carbonyl (C=O) groups excluding carboxylic acids is 1. The van der Waals surface area contributed by atoms with Gasteiger partial charge in [0.15, 0.2) is 5.76 Å². The molecule has 30 heavy (non-hydrogen) atoms. The van der Waals surface area contributed by atoms with Crippen LogP contribution in [0.25, 0.3) is 33.4 Å². The molecule has 0 aliphatic heterocycles. The summed E-state index contributed by atoms with van der Waals surface area (Å²) in [6.45, 7) is 1.49. The Labute approximate surface area is 178 Å². The van der Waals surface area contributed by atoms with E-state index in [1.54, 1.807) is 25.3 Å². The van der Waals surface area contributed by atoms with Gasteiger partial charge < -0.3 is 19.6 Å². The second kappa shape index (κ2) is 8.16. The summed E-state index contributed by atoms with van der Waals surface area (Å²) < 4.78 is 11.4. The number of ether oxygens (including phenoxy) is 1. The summed E-state index contributed by atoms with van der Waals surface area (Å²) >= 11 is 1.53. The van der Waals surface area contributed by atoms with Crippen molar-refractivity contribution in [2.75, 3.05) is 18.7 Å². The molecule has 0 saturated carbocycles. The predicted molar refractivity (Wildman–Crippen MR) is 121 cm³/mol. The SMILES string of the molecule is COc1ccc(-c2oc3ccc(NC(C)=O)c(-c4ccccc4)c3c2SC)c(O)c1. The fraction of sp³-hybridized carbons (Fsp3) is 0.125. The number of carbonyl (C=O) groups is 1. The Kier molecular flexibility index (Phi) is 5.42. The molecule has 0 unspecified atom stereocenters. The van der Waals surface area contributed by atoms with E-state index in [0.29, 0.717) is 28.3 Å². The lowest BCUT2D eigenvalue weighted by atomic mass is 9.98. The molecular formula is C24H21NO4S. The van der Waals surface area contributed by atoms with Crippen LogP contribution in [0.4, 0.5) is 5.69 Å².